The van der Waals surface area contributed by atoms with E-state index < -0.39 is 5.97 Å². The molecule has 2 fully saturated rings. The van der Waals surface area contributed by atoms with Crippen LogP contribution in [-0.4, -0.2) is 57.8 Å². The lowest BCUT2D eigenvalue weighted by molar-refractivity contribution is -0.128. The number of aromatic nitrogens is 1. The minimum Gasteiger partial charge on any atom is -0.476 e. The Bertz CT molecular complexity index is 629. The zero-order chi connectivity index (χ0) is 18.5. The summed E-state index contributed by atoms with van der Waals surface area (Å²) in [4.78, 5) is 29.2. The predicted octanol–water partition coefficient (Wildman–Crippen LogP) is 3.09. The van der Waals surface area contributed by atoms with Gasteiger partial charge in [0.1, 0.15) is 0 Å². The highest BCUT2D eigenvalue weighted by Crippen LogP contribution is 2.26. The third-order valence-corrected chi connectivity index (χ3v) is 7.37. The van der Waals surface area contributed by atoms with E-state index in [9.17, 15) is 9.59 Å². The standard InChI is InChI=1S/C18H27N3O3S2/c1-12-2-4-13(5-3-12)19-10-14-6-7-16(22)21(14)8-9-25-18-20-15(11-26-18)17(23)24/h11-14,19H,2-10H2,1H3,(H,23,24). The molecule has 2 aliphatic rings. The molecule has 8 heteroatoms. The van der Waals surface area contributed by atoms with E-state index in [1.54, 1.807) is 5.38 Å². The van der Waals surface area contributed by atoms with Gasteiger partial charge in [-0.2, -0.15) is 0 Å². The third-order valence-electron chi connectivity index (χ3n) is 5.37. The third kappa shape index (κ3) is 5.20. The maximum absolute atomic E-state index is 12.2. The SMILES string of the molecule is CC1CCC(NCC2CCC(=O)N2CCSc2nc(C(=O)O)cs2)CC1. The summed E-state index contributed by atoms with van der Waals surface area (Å²) in [6.07, 6.45) is 6.65. The topological polar surface area (TPSA) is 82.5 Å². The maximum Gasteiger partial charge on any atom is 0.355 e. The number of amides is 1. The molecule has 1 amide bonds. The van der Waals surface area contributed by atoms with E-state index in [1.807, 2.05) is 4.90 Å². The van der Waals surface area contributed by atoms with Crippen LogP contribution in [0.25, 0.3) is 0 Å². The summed E-state index contributed by atoms with van der Waals surface area (Å²) in [5, 5.41) is 14.2. The fraction of sp³-hybridized carbons (Fsp3) is 0.722. The Balaban J connectivity index is 1.43. The van der Waals surface area contributed by atoms with Gasteiger partial charge in [0.05, 0.1) is 0 Å². The molecule has 1 aromatic rings. The van der Waals surface area contributed by atoms with Gasteiger partial charge in [-0.1, -0.05) is 18.7 Å². The molecule has 1 saturated heterocycles. The Morgan fingerprint density at radius 1 is 1.38 bits per heavy atom. The van der Waals surface area contributed by atoms with Crippen molar-refractivity contribution >= 4 is 35.0 Å². The number of thiazole rings is 1. The highest BCUT2D eigenvalue weighted by atomic mass is 32.2. The van der Waals surface area contributed by atoms with E-state index in [0.29, 0.717) is 19.0 Å². The molecule has 144 valence electrons. The summed E-state index contributed by atoms with van der Waals surface area (Å²) in [6, 6.07) is 0.885. The van der Waals surface area contributed by atoms with Crippen LogP contribution in [0.1, 0.15) is 55.9 Å². The van der Waals surface area contributed by atoms with Crippen LogP contribution in [-0.2, 0) is 4.79 Å². The molecular formula is C18H27N3O3S2. The van der Waals surface area contributed by atoms with Crippen molar-refractivity contribution in [3.8, 4) is 0 Å². The van der Waals surface area contributed by atoms with E-state index >= 15 is 0 Å². The average Bonchev–Trinajstić information content (AvgIpc) is 3.23. The van der Waals surface area contributed by atoms with Crippen molar-refractivity contribution in [1.29, 1.82) is 0 Å². The van der Waals surface area contributed by atoms with E-state index in [2.05, 4.69) is 17.2 Å². The van der Waals surface area contributed by atoms with Crippen LogP contribution >= 0.6 is 23.1 Å². The van der Waals surface area contributed by atoms with Gasteiger partial charge in [-0.05, 0) is 38.0 Å². The van der Waals surface area contributed by atoms with Gasteiger partial charge < -0.3 is 15.3 Å². The van der Waals surface area contributed by atoms with E-state index in [4.69, 9.17) is 5.11 Å². The van der Waals surface area contributed by atoms with Crippen LogP contribution < -0.4 is 5.32 Å². The lowest BCUT2D eigenvalue weighted by Crippen LogP contribution is -2.44. The number of thioether (sulfide) groups is 1. The van der Waals surface area contributed by atoms with Crippen molar-refractivity contribution in [1.82, 2.24) is 15.2 Å². The number of carboxylic acid groups (broad SMARTS) is 1. The number of hydrogen-bond acceptors (Lipinski definition) is 6. The van der Waals surface area contributed by atoms with Gasteiger partial charge in [0.2, 0.25) is 5.91 Å². The normalized spacial score (nSPS) is 26.4. The van der Waals surface area contributed by atoms with Gasteiger partial charge in [-0.25, -0.2) is 9.78 Å². The molecular weight excluding hydrogens is 370 g/mol. The monoisotopic (exact) mass is 397 g/mol. The molecule has 1 saturated carbocycles. The average molecular weight is 398 g/mol. The number of nitrogens with zero attached hydrogens (tertiary/aromatic N) is 2. The Hall–Kier alpha value is -1.12. The van der Waals surface area contributed by atoms with Crippen molar-refractivity contribution in [2.45, 2.75) is 61.9 Å². The summed E-state index contributed by atoms with van der Waals surface area (Å²) in [5.41, 5.74) is 0.0959. The number of carbonyl (C=O) groups is 2. The number of carboxylic acids is 1. The first-order valence-corrected chi connectivity index (χ1v) is 11.2. The van der Waals surface area contributed by atoms with Crippen LogP contribution in [0.5, 0.6) is 0 Å². The smallest absolute Gasteiger partial charge is 0.355 e. The largest absolute Gasteiger partial charge is 0.476 e. The van der Waals surface area contributed by atoms with Crippen LogP contribution in [0.15, 0.2) is 9.72 Å². The van der Waals surface area contributed by atoms with Crippen molar-refractivity contribution in [3.05, 3.63) is 11.1 Å². The fourth-order valence-electron chi connectivity index (χ4n) is 3.73. The molecule has 3 rings (SSSR count). The first-order chi connectivity index (χ1) is 12.5. The summed E-state index contributed by atoms with van der Waals surface area (Å²) in [6.45, 7) is 3.91. The highest BCUT2D eigenvalue weighted by Gasteiger charge is 2.31. The molecule has 1 unspecified atom stereocenters. The van der Waals surface area contributed by atoms with Gasteiger partial charge in [-0.15, -0.1) is 11.3 Å². The van der Waals surface area contributed by atoms with Crippen LogP contribution in [0, 0.1) is 5.92 Å². The number of nitrogens with one attached hydrogen (secondary N) is 1. The van der Waals surface area contributed by atoms with Gasteiger partial charge in [0.25, 0.3) is 0 Å². The second kappa shape index (κ2) is 9.19. The molecule has 1 aromatic heterocycles. The quantitative estimate of drug-likeness (QED) is 0.656. The summed E-state index contributed by atoms with van der Waals surface area (Å²) >= 11 is 2.87. The Kier molecular flexibility index (Phi) is 6.94. The van der Waals surface area contributed by atoms with Crippen molar-refractivity contribution in [2.24, 2.45) is 5.92 Å². The molecule has 0 bridgehead atoms. The summed E-state index contributed by atoms with van der Waals surface area (Å²) in [7, 11) is 0. The predicted molar refractivity (Wildman–Crippen MR) is 104 cm³/mol. The fourth-order valence-corrected chi connectivity index (χ4v) is 5.54. The van der Waals surface area contributed by atoms with E-state index in [-0.39, 0.29) is 17.6 Å². The molecule has 1 aliphatic heterocycles. The summed E-state index contributed by atoms with van der Waals surface area (Å²) in [5.74, 6) is 0.837. The second-order valence-corrected chi connectivity index (χ2v) is 9.50. The maximum atomic E-state index is 12.2. The molecule has 6 nitrogen and oxygen atoms in total. The van der Waals surface area contributed by atoms with Crippen LogP contribution in [0.2, 0.25) is 0 Å². The van der Waals surface area contributed by atoms with E-state index in [1.165, 1.54) is 48.8 Å². The molecule has 2 heterocycles. The zero-order valence-electron chi connectivity index (χ0n) is 15.1. The van der Waals surface area contributed by atoms with Gasteiger partial charge in [0, 0.05) is 42.7 Å². The van der Waals surface area contributed by atoms with Crippen molar-refractivity contribution < 1.29 is 14.7 Å². The van der Waals surface area contributed by atoms with Crippen molar-refractivity contribution in [2.75, 3.05) is 18.8 Å². The first kappa shape index (κ1) is 19.6. The van der Waals surface area contributed by atoms with E-state index in [0.717, 1.165) is 29.0 Å². The number of carbonyl (C=O) groups excluding carboxylic acids is 1. The van der Waals surface area contributed by atoms with Gasteiger partial charge in [-0.3, -0.25) is 4.79 Å². The highest BCUT2D eigenvalue weighted by molar-refractivity contribution is 8.01. The minimum atomic E-state index is -0.994. The lowest BCUT2D eigenvalue weighted by Gasteiger charge is -2.30. The number of hydrogen-bond donors (Lipinski definition) is 2. The number of rotatable bonds is 8. The molecule has 0 radical (unpaired) electrons. The van der Waals surface area contributed by atoms with Crippen LogP contribution in [0.4, 0.5) is 0 Å². The molecule has 2 N–H and O–H groups in total. The van der Waals surface area contributed by atoms with Crippen molar-refractivity contribution in [3.63, 3.8) is 0 Å². The second-order valence-electron chi connectivity index (χ2n) is 7.30. The molecule has 1 aliphatic carbocycles. The summed E-state index contributed by atoms with van der Waals surface area (Å²) < 4.78 is 0.750. The Morgan fingerprint density at radius 2 is 2.15 bits per heavy atom. The Morgan fingerprint density at radius 3 is 2.85 bits per heavy atom. The minimum absolute atomic E-state index is 0.0959. The molecule has 1 atom stereocenters. The molecule has 0 aromatic carbocycles. The molecule has 0 spiro atoms. The number of aromatic carboxylic acids is 1. The van der Waals surface area contributed by atoms with Gasteiger partial charge in [0.15, 0.2) is 10.0 Å². The van der Waals surface area contributed by atoms with Crippen LogP contribution in [0.3, 0.4) is 0 Å². The van der Waals surface area contributed by atoms with Gasteiger partial charge >= 0.3 is 5.97 Å². The first-order valence-electron chi connectivity index (χ1n) is 9.37. The molecule has 26 heavy (non-hydrogen) atoms. The zero-order valence-corrected chi connectivity index (χ0v) is 16.8. The Labute approximate surface area is 162 Å². The lowest BCUT2D eigenvalue weighted by atomic mass is 9.87. The number of likely N-dealkylation sites (tertiary alicyclic amines) is 1.